The normalized spacial score (nSPS) is 11.2. The van der Waals surface area contributed by atoms with E-state index in [0.29, 0.717) is 33.0 Å². The average Bonchev–Trinajstić information content (AvgIpc) is 2.89. The summed E-state index contributed by atoms with van der Waals surface area (Å²) in [6.07, 6.45) is 1.13. The zero-order chi connectivity index (χ0) is 23.2. The molecule has 0 saturated heterocycles. The molecule has 172 valence electrons. The summed E-state index contributed by atoms with van der Waals surface area (Å²) in [6, 6.07) is 30.7. The van der Waals surface area contributed by atoms with Gasteiger partial charge in [-0.3, -0.25) is 0 Å². The molecule has 5 heteroatoms. The molecule has 0 radical (unpaired) electrons. The molecule has 0 amide bonds. The third-order valence-electron chi connectivity index (χ3n) is 5.10. The highest BCUT2D eigenvalue weighted by Gasteiger charge is 2.37. The minimum atomic E-state index is -0.751. The zero-order valence-corrected chi connectivity index (χ0v) is 18.7. The van der Waals surface area contributed by atoms with E-state index in [4.69, 9.17) is 18.9 Å². The van der Waals surface area contributed by atoms with Crippen LogP contribution in [0.4, 0.5) is 0 Å². The minimum Gasteiger partial charge on any atom is -0.460 e. The van der Waals surface area contributed by atoms with Crippen molar-refractivity contribution in [3.63, 3.8) is 0 Å². The van der Waals surface area contributed by atoms with Gasteiger partial charge in [-0.05, 0) is 16.7 Å². The summed E-state index contributed by atoms with van der Waals surface area (Å²) in [5.41, 5.74) is 2.41. The van der Waals surface area contributed by atoms with Gasteiger partial charge in [-0.15, -0.1) is 0 Å². The monoisotopic (exact) mass is 446 g/mol. The van der Waals surface area contributed by atoms with Crippen LogP contribution in [0, 0.1) is 0 Å². The lowest BCUT2D eigenvalue weighted by atomic mass is 9.80. The smallest absolute Gasteiger partial charge is 0.330 e. The molecular weight excluding hydrogens is 416 g/mol. The molecule has 0 atom stereocenters. The van der Waals surface area contributed by atoms with Crippen LogP contribution in [0.25, 0.3) is 0 Å². The molecule has 5 nitrogen and oxygen atoms in total. The molecule has 33 heavy (non-hydrogen) atoms. The van der Waals surface area contributed by atoms with Crippen LogP contribution < -0.4 is 0 Å². The predicted molar refractivity (Wildman–Crippen MR) is 128 cm³/mol. The van der Waals surface area contributed by atoms with Crippen molar-refractivity contribution in [2.75, 3.05) is 39.6 Å². The number of rotatable bonds is 14. The van der Waals surface area contributed by atoms with Gasteiger partial charge in [0.05, 0.1) is 33.0 Å². The summed E-state index contributed by atoms with van der Waals surface area (Å²) in [5, 5.41) is 0. The first-order valence-corrected chi connectivity index (χ1v) is 11.0. The van der Waals surface area contributed by atoms with Gasteiger partial charge in [0.15, 0.2) is 0 Å². The number of hydrogen-bond donors (Lipinski definition) is 0. The fourth-order valence-corrected chi connectivity index (χ4v) is 3.60. The van der Waals surface area contributed by atoms with E-state index < -0.39 is 11.6 Å². The predicted octanol–water partition coefficient (Wildman–Crippen LogP) is 4.76. The van der Waals surface area contributed by atoms with E-state index in [-0.39, 0.29) is 6.61 Å². The van der Waals surface area contributed by atoms with Gasteiger partial charge in [0.2, 0.25) is 0 Å². The van der Waals surface area contributed by atoms with Crippen LogP contribution in [-0.4, -0.2) is 45.6 Å². The number of benzene rings is 3. The van der Waals surface area contributed by atoms with Gasteiger partial charge in [0, 0.05) is 6.08 Å². The maximum absolute atomic E-state index is 11.0. The minimum absolute atomic E-state index is 0.196. The lowest BCUT2D eigenvalue weighted by Crippen LogP contribution is -2.34. The fourth-order valence-electron chi connectivity index (χ4n) is 3.60. The molecule has 3 aromatic rings. The lowest BCUT2D eigenvalue weighted by molar-refractivity contribution is -0.139. The van der Waals surface area contributed by atoms with Crippen molar-refractivity contribution < 1.29 is 23.7 Å². The molecular formula is C28H30O5. The third-order valence-corrected chi connectivity index (χ3v) is 5.10. The van der Waals surface area contributed by atoms with Crippen LogP contribution in [-0.2, 0) is 29.3 Å². The Morgan fingerprint density at radius 1 is 0.636 bits per heavy atom. The summed E-state index contributed by atoms with van der Waals surface area (Å²) >= 11 is 0. The maximum Gasteiger partial charge on any atom is 0.330 e. The van der Waals surface area contributed by atoms with Crippen molar-refractivity contribution in [1.82, 2.24) is 0 Å². The molecule has 0 aliphatic carbocycles. The van der Waals surface area contributed by atoms with Crippen LogP contribution in [0.5, 0.6) is 0 Å². The van der Waals surface area contributed by atoms with Crippen molar-refractivity contribution in [2.24, 2.45) is 0 Å². The summed E-state index contributed by atoms with van der Waals surface area (Å²) in [5.74, 6) is -0.453. The Hall–Kier alpha value is -3.25. The summed E-state index contributed by atoms with van der Waals surface area (Å²) < 4.78 is 22.6. The van der Waals surface area contributed by atoms with E-state index in [2.05, 4.69) is 43.0 Å². The van der Waals surface area contributed by atoms with Gasteiger partial charge in [-0.2, -0.15) is 0 Å². The first kappa shape index (κ1) is 24.4. The Morgan fingerprint density at radius 2 is 1.03 bits per heavy atom. The van der Waals surface area contributed by atoms with Crippen LogP contribution in [0.1, 0.15) is 16.7 Å². The van der Waals surface area contributed by atoms with Crippen molar-refractivity contribution in [1.29, 1.82) is 0 Å². The molecule has 3 rings (SSSR count). The van der Waals surface area contributed by atoms with Gasteiger partial charge in [-0.25, -0.2) is 4.79 Å². The molecule has 0 saturated carbocycles. The Kier molecular flexibility index (Phi) is 9.86. The molecule has 0 aromatic heterocycles. The largest absolute Gasteiger partial charge is 0.460 e. The molecule has 3 aromatic carbocycles. The first-order chi connectivity index (χ1) is 16.3. The molecule has 0 heterocycles. The van der Waals surface area contributed by atoms with Gasteiger partial charge >= 0.3 is 5.97 Å². The molecule has 0 unspecified atom stereocenters. The highest BCUT2D eigenvalue weighted by atomic mass is 16.6. The van der Waals surface area contributed by atoms with Crippen molar-refractivity contribution in [2.45, 2.75) is 5.60 Å². The van der Waals surface area contributed by atoms with Crippen molar-refractivity contribution >= 4 is 5.97 Å². The number of hydrogen-bond acceptors (Lipinski definition) is 5. The van der Waals surface area contributed by atoms with E-state index in [1.54, 1.807) is 0 Å². The Bertz CT molecular complexity index is 861. The number of esters is 1. The van der Waals surface area contributed by atoms with E-state index in [1.165, 1.54) is 0 Å². The summed E-state index contributed by atoms with van der Waals surface area (Å²) in [7, 11) is 0. The van der Waals surface area contributed by atoms with Gasteiger partial charge in [0.1, 0.15) is 12.2 Å². The number of carbonyl (C=O) groups excluding carboxylic acids is 1. The van der Waals surface area contributed by atoms with Crippen LogP contribution in [0.2, 0.25) is 0 Å². The topological polar surface area (TPSA) is 54.0 Å². The van der Waals surface area contributed by atoms with Gasteiger partial charge in [-0.1, -0.05) is 97.6 Å². The van der Waals surface area contributed by atoms with Gasteiger partial charge < -0.3 is 18.9 Å². The average molecular weight is 447 g/mol. The standard InChI is InChI=1S/C28H30O5/c1-2-27(29)32-22-20-30-18-19-31-21-23-33-28(24-12-6-3-7-13-24,25-14-8-4-9-15-25)26-16-10-5-11-17-26/h2-17H,1,18-23H2. The van der Waals surface area contributed by atoms with Crippen molar-refractivity contribution in [3.8, 4) is 0 Å². The second kappa shape index (κ2) is 13.3. The quantitative estimate of drug-likeness (QED) is 0.155. The fraction of sp³-hybridized carbons (Fsp3) is 0.250. The van der Waals surface area contributed by atoms with Crippen LogP contribution in [0.3, 0.4) is 0 Å². The summed E-state index contributed by atoms with van der Waals surface area (Å²) in [4.78, 5) is 11.0. The molecule has 0 bridgehead atoms. The van der Waals surface area contributed by atoms with E-state index in [1.807, 2.05) is 54.6 Å². The van der Waals surface area contributed by atoms with Crippen LogP contribution in [0.15, 0.2) is 104 Å². The second-order valence-corrected chi connectivity index (χ2v) is 7.22. The van der Waals surface area contributed by atoms with Gasteiger partial charge in [0.25, 0.3) is 0 Å². The SMILES string of the molecule is C=CC(=O)OCCOCCOCCOC(c1ccccc1)(c1ccccc1)c1ccccc1. The Balaban J connectivity index is 1.62. The third kappa shape index (κ3) is 6.86. The molecule has 0 aliphatic heterocycles. The summed E-state index contributed by atoms with van der Waals surface area (Å²) in [6.45, 7) is 5.51. The van der Waals surface area contributed by atoms with E-state index in [9.17, 15) is 4.79 Å². The molecule has 0 fully saturated rings. The highest BCUT2D eigenvalue weighted by molar-refractivity contribution is 5.81. The second-order valence-electron chi connectivity index (χ2n) is 7.22. The molecule has 0 aliphatic rings. The van der Waals surface area contributed by atoms with E-state index in [0.717, 1.165) is 22.8 Å². The first-order valence-electron chi connectivity index (χ1n) is 11.0. The van der Waals surface area contributed by atoms with E-state index >= 15 is 0 Å². The zero-order valence-electron chi connectivity index (χ0n) is 18.7. The van der Waals surface area contributed by atoms with Crippen molar-refractivity contribution in [3.05, 3.63) is 120 Å². The van der Waals surface area contributed by atoms with Crippen LogP contribution >= 0.6 is 0 Å². The number of ether oxygens (including phenoxy) is 4. The molecule has 0 N–H and O–H groups in total. The Morgan fingerprint density at radius 3 is 1.45 bits per heavy atom. The highest BCUT2D eigenvalue weighted by Crippen LogP contribution is 2.40. The molecule has 0 spiro atoms. The Labute approximate surface area is 195 Å². The number of carbonyl (C=O) groups is 1. The lowest BCUT2D eigenvalue weighted by Gasteiger charge is -2.36. The maximum atomic E-state index is 11.0.